The molecule has 0 aliphatic heterocycles. The van der Waals surface area contributed by atoms with E-state index in [4.69, 9.17) is 9.84 Å². The summed E-state index contributed by atoms with van der Waals surface area (Å²) in [6.07, 6.45) is 31.7. The first-order valence-electron chi connectivity index (χ1n) is 16.9. The summed E-state index contributed by atoms with van der Waals surface area (Å²) >= 11 is 0. The number of aliphatic carboxylic acids is 1. The Morgan fingerprint density at radius 1 is 0.526 bits per heavy atom. The highest BCUT2D eigenvalue weighted by Crippen LogP contribution is 2.19. The van der Waals surface area contributed by atoms with Crippen LogP contribution >= 0.6 is 0 Å². The minimum absolute atomic E-state index is 0.0413. The fourth-order valence-electron chi connectivity index (χ4n) is 5.25. The summed E-state index contributed by atoms with van der Waals surface area (Å²) in [4.78, 5) is 23.0. The molecule has 4 nitrogen and oxygen atoms in total. The van der Waals surface area contributed by atoms with Crippen LogP contribution in [0.15, 0.2) is 0 Å². The lowest BCUT2D eigenvalue weighted by atomic mass is 10.0. The average Bonchev–Trinajstić information content (AvgIpc) is 2.87. The van der Waals surface area contributed by atoms with E-state index >= 15 is 0 Å². The summed E-state index contributed by atoms with van der Waals surface area (Å²) in [5.41, 5.74) is 0. The van der Waals surface area contributed by atoms with Crippen LogP contribution in [0.5, 0.6) is 0 Å². The fraction of sp³-hybridized carbons (Fsp3) is 0.941. The summed E-state index contributed by atoms with van der Waals surface area (Å²) in [5, 5.41) is 8.77. The van der Waals surface area contributed by atoms with E-state index in [1.807, 2.05) is 0 Å². The van der Waals surface area contributed by atoms with Gasteiger partial charge in [0.1, 0.15) is 6.10 Å². The van der Waals surface area contributed by atoms with Crippen LogP contribution in [-0.2, 0) is 14.3 Å². The van der Waals surface area contributed by atoms with Crippen LogP contribution < -0.4 is 0 Å². The fourth-order valence-corrected chi connectivity index (χ4v) is 5.25. The summed E-state index contributed by atoms with van der Waals surface area (Å²) < 4.78 is 5.85. The first-order chi connectivity index (χ1) is 18.5. The van der Waals surface area contributed by atoms with Gasteiger partial charge < -0.3 is 9.84 Å². The van der Waals surface area contributed by atoms with Crippen molar-refractivity contribution in [2.45, 2.75) is 200 Å². The van der Waals surface area contributed by atoms with Gasteiger partial charge in [-0.05, 0) is 44.4 Å². The summed E-state index contributed by atoms with van der Waals surface area (Å²) in [6, 6.07) is 0. The number of carbonyl (C=O) groups excluding carboxylic acids is 1. The number of carboxylic acid groups (broad SMARTS) is 1. The molecule has 1 unspecified atom stereocenters. The van der Waals surface area contributed by atoms with Gasteiger partial charge >= 0.3 is 11.9 Å². The molecule has 0 radical (unpaired) electrons. The Hall–Kier alpha value is -1.06. The predicted octanol–water partition coefficient (Wildman–Crippen LogP) is 11.2. The van der Waals surface area contributed by atoms with E-state index in [1.54, 1.807) is 0 Å². The summed E-state index contributed by atoms with van der Waals surface area (Å²) in [7, 11) is 0. The third-order valence-electron chi connectivity index (χ3n) is 7.76. The molecule has 0 aromatic rings. The smallest absolute Gasteiger partial charge is 0.306 e. The maximum absolute atomic E-state index is 12.3. The van der Waals surface area contributed by atoms with Gasteiger partial charge in [-0.1, -0.05) is 143 Å². The van der Waals surface area contributed by atoms with Gasteiger partial charge in [-0.2, -0.15) is 0 Å². The zero-order valence-corrected chi connectivity index (χ0v) is 25.9. The Morgan fingerprint density at radius 3 is 1.29 bits per heavy atom. The molecule has 0 amide bonds. The molecule has 0 aromatic carbocycles. The predicted molar refractivity (Wildman–Crippen MR) is 163 cm³/mol. The summed E-state index contributed by atoms with van der Waals surface area (Å²) in [5.74, 6) is -0.139. The molecule has 0 aliphatic rings. The molecule has 0 spiro atoms. The second-order valence-corrected chi connectivity index (χ2v) is 12.2. The minimum atomic E-state index is -0.794. The maximum Gasteiger partial charge on any atom is 0.306 e. The van der Waals surface area contributed by atoms with E-state index in [9.17, 15) is 9.59 Å². The third-order valence-corrected chi connectivity index (χ3v) is 7.76. The van der Waals surface area contributed by atoms with E-state index in [2.05, 4.69) is 20.8 Å². The number of carboxylic acids is 1. The van der Waals surface area contributed by atoms with Crippen molar-refractivity contribution in [3.05, 3.63) is 0 Å². The van der Waals surface area contributed by atoms with Gasteiger partial charge in [0.15, 0.2) is 0 Å². The van der Waals surface area contributed by atoms with Crippen molar-refractivity contribution in [2.75, 3.05) is 0 Å². The van der Waals surface area contributed by atoms with E-state index in [0.29, 0.717) is 19.3 Å². The number of unbranched alkanes of at least 4 members (excludes halogenated alkanes) is 19. The number of esters is 1. The molecular formula is C34H66O4. The van der Waals surface area contributed by atoms with Gasteiger partial charge in [0.05, 0.1) is 0 Å². The first kappa shape index (κ1) is 36.9. The van der Waals surface area contributed by atoms with Crippen molar-refractivity contribution in [1.29, 1.82) is 0 Å². The minimum Gasteiger partial charge on any atom is -0.481 e. The Kier molecular flexibility index (Phi) is 28.1. The molecule has 0 aliphatic carbocycles. The lowest BCUT2D eigenvalue weighted by Gasteiger charge is -2.18. The molecule has 226 valence electrons. The molecule has 0 fully saturated rings. The Morgan fingerprint density at radius 2 is 0.895 bits per heavy atom. The lowest BCUT2D eigenvalue weighted by Crippen LogP contribution is -2.18. The molecular weight excluding hydrogens is 472 g/mol. The van der Waals surface area contributed by atoms with Crippen molar-refractivity contribution >= 4 is 11.9 Å². The molecule has 0 heterocycles. The zero-order valence-electron chi connectivity index (χ0n) is 25.9. The van der Waals surface area contributed by atoms with Crippen LogP contribution in [0.4, 0.5) is 0 Å². The van der Waals surface area contributed by atoms with Gasteiger partial charge in [0, 0.05) is 12.8 Å². The SMILES string of the molecule is CCCCCCCCCCCCCCCCCC(CCCCCCCC(C)C)OC(=O)CCCCC(=O)O. The van der Waals surface area contributed by atoms with E-state index in [-0.39, 0.29) is 18.5 Å². The standard InChI is InChI=1S/C34H66O4/c1-4-5-6-7-8-9-10-11-12-13-14-15-16-19-22-27-32(28-23-20-17-18-21-26-31(2)3)38-34(37)30-25-24-29-33(35)36/h31-32H,4-30H2,1-3H3,(H,35,36). The number of carbonyl (C=O) groups is 2. The Labute approximate surface area is 237 Å². The van der Waals surface area contributed by atoms with Gasteiger partial charge in [0.25, 0.3) is 0 Å². The number of ether oxygens (including phenoxy) is 1. The van der Waals surface area contributed by atoms with Crippen molar-refractivity contribution in [3.8, 4) is 0 Å². The number of hydrogen-bond donors (Lipinski definition) is 1. The molecule has 1 atom stereocenters. The van der Waals surface area contributed by atoms with Crippen molar-refractivity contribution in [1.82, 2.24) is 0 Å². The van der Waals surface area contributed by atoms with Gasteiger partial charge in [-0.15, -0.1) is 0 Å². The molecule has 0 aromatic heterocycles. The second kappa shape index (κ2) is 28.9. The van der Waals surface area contributed by atoms with Crippen LogP contribution in [0, 0.1) is 5.92 Å². The Balaban J connectivity index is 3.93. The van der Waals surface area contributed by atoms with E-state index < -0.39 is 5.97 Å². The van der Waals surface area contributed by atoms with E-state index in [0.717, 1.165) is 31.6 Å². The summed E-state index contributed by atoms with van der Waals surface area (Å²) in [6.45, 7) is 6.86. The first-order valence-corrected chi connectivity index (χ1v) is 16.9. The van der Waals surface area contributed by atoms with Crippen LogP contribution in [0.1, 0.15) is 194 Å². The van der Waals surface area contributed by atoms with Crippen molar-refractivity contribution < 1.29 is 19.4 Å². The highest BCUT2D eigenvalue weighted by Gasteiger charge is 2.14. The molecule has 0 rings (SSSR count). The quantitative estimate of drug-likeness (QED) is 0.0729. The largest absolute Gasteiger partial charge is 0.481 e. The molecule has 0 bridgehead atoms. The third kappa shape index (κ3) is 29.5. The zero-order chi connectivity index (χ0) is 28.1. The van der Waals surface area contributed by atoms with Crippen LogP contribution in [0.25, 0.3) is 0 Å². The highest BCUT2D eigenvalue weighted by molar-refractivity contribution is 5.70. The lowest BCUT2D eigenvalue weighted by molar-refractivity contribution is -0.150. The van der Waals surface area contributed by atoms with Gasteiger partial charge in [-0.3, -0.25) is 9.59 Å². The Bertz CT molecular complexity index is 517. The normalized spacial score (nSPS) is 12.2. The number of hydrogen-bond acceptors (Lipinski definition) is 3. The maximum atomic E-state index is 12.3. The second-order valence-electron chi connectivity index (χ2n) is 12.2. The van der Waals surface area contributed by atoms with Gasteiger partial charge in [-0.25, -0.2) is 0 Å². The highest BCUT2D eigenvalue weighted by atomic mass is 16.5. The molecule has 1 N–H and O–H groups in total. The molecule has 0 saturated heterocycles. The number of rotatable bonds is 30. The topological polar surface area (TPSA) is 63.6 Å². The molecule has 4 heteroatoms. The van der Waals surface area contributed by atoms with Crippen molar-refractivity contribution in [2.24, 2.45) is 5.92 Å². The molecule has 38 heavy (non-hydrogen) atoms. The monoisotopic (exact) mass is 538 g/mol. The van der Waals surface area contributed by atoms with E-state index in [1.165, 1.54) is 122 Å². The molecule has 0 saturated carbocycles. The van der Waals surface area contributed by atoms with Crippen molar-refractivity contribution in [3.63, 3.8) is 0 Å². The van der Waals surface area contributed by atoms with Crippen LogP contribution in [-0.4, -0.2) is 23.1 Å². The van der Waals surface area contributed by atoms with Gasteiger partial charge in [0.2, 0.25) is 0 Å². The van der Waals surface area contributed by atoms with Crippen LogP contribution in [0.3, 0.4) is 0 Å². The van der Waals surface area contributed by atoms with Crippen LogP contribution in [0.2, 0.25) is 0 Å². The average molecular weight is 539 g/mol.